The third kappa shape index (κ3) is 20.2. The van der Waals surface area contributed by atoms with Crippen LogP contribution < -0.4 is 24.9 Å². The number of likely N-dealkylation sites (tertiary alicyclic amines) is 4. The van der Waals surface area contributed by atoms with E-state index in [2.05, 4.69) is 97.6 Å². The number of benzene rings is 3. The minimum absolute atomic E-state index is 0.0750. The summed E-state index contributed by atoms with van der Waals surface area (Å²) in [6.07, 6.45) is 33.3. The second kappa shape index (κ2) is 39.4. The Morgan fingerprint density at radius 2 is 0.831 bits per heavy atom. The lowest BCUT2D eigenvalue weighted by Gasteiger charge is -2.40. The quantitative estimate of drug-likeness (QED) is 0.0936. The van der Waals surface area contributed by atoms with Crippen molar-refractivity contribution in [2.45, 2.75) is 173 Å². The van der Waals surface area contributed by atoms with E-state index in [9.17, 15) is 9.59 Å². The van der Waals surface area contributed by atoms with Crippen molar-refractivity contribution < 1.29 is 18.4 Å². The SMILES string of the molecule is CC(=O)Nc1ccccc1-c1cnc2nc(N3CCC(N4CCCCC4)CC3)oc2c1.CC(=O)c1cccc(-c2cc3sc(N4CCC(N5CCCCC5)CC4)nc3cn2)c1.Cc1cccc(-c2cccc(-c3cnc4nc(N5CCC(N6CCCCC6)CC5)oc4c3)n2)n1.N#Cc1ccc(-c2cc3sc(N4CCC(N5CCCCC5)CC4)nc3cn2)cc1. The normalized spacial score (nSPS) is 18.5. The number of ketones is 1. The molecule has 8 aliphatic heterocycles. The Hall–Kier alpha value is -11.1. The number of thiazole rings is 2. The second-order valence-corrected chi connectivity index (χ2v) is 36.6. The molecule has 0 radical (unpaired) electrons. The summed E-state index contributed by atoms with van der Waals surface area (Å²) in [6, 6.07) is 49.5. The summed E-state index contributed by atoms with van der Waals surface area (Å²) < 4.78 is 14.6. The van der Waals surface area contributed by atoms with Crippen LogP contribution in [0, 0.1) is 18.3 Å². The standard InChI is InChI=1S/C27H30N6O.C24H29N5O2.C24H28N4OS.C23H25N5S/c1-19-7-5-9-23(29-19)24-10-6-8-22(30-24)20-17-25-26(28-18-20)31-27(34-25)33-15-11-21(12-16-33)32-13-3-2-4-14-32;1-17(30)26-21-8-4-3-7-20(21)18-15-22-23(25-16-18)27-24(31-22)29-13-9-19(10-14-29)28-11-5-2-6-12-28;1-17(29)18-6-5-7-19(14-18)21-15-23-22(16-25-21)26-24(30-23)28-12-8-20(9-13-28)27-10-3-2-4-11-27;24-15-17-4-6-18(7-5-17)20-14-22-21(16-25-20)26-23(29-22)28-12-8-19(9-13-28)27-10-2-1-3-11-27/h5-10,17-18,21H,2-4,11-16H2,1H3;3-4,7-8,15-16,19H,2,5-6,9-14H2,1H3,(H,26,30);5-7,14-16,20H,2-4,8-13H2,1H3;4-7,14,16,19H,1-3,8-13H2. The number of nitriles is 1. The minimum Gasteiger partial charge on any atom is -0.422 e. The Kier molecular flexibility index (Phi) is 26.7. The lowest BCUT2D eigenvalue weighted by molar-refractivity contribution is -0.114. The van der Waals surface area contributed by atoms with Gasteiger partial charge in [-0.15, -0.1) is 0 Å². The number of nitrogens with one attached hydrogen (secondary N) is 1. The van der Waals surface area contributed by atoms with Crippen molar-refractivity contribution in [3.05, 3.63) is 175 Å². The van der Waals surface area contributed by atoms with Gasteiger partial charge >= 0.3 is 0 Å². The van der Waals surface area contributed by atoms with Gasteiger partial charge < -0.3 is 53.4 Å². The molecule has 640 valence electrons. The molecule has 8 saturated heterocycles. The highest BCUT2D eigenvalue weighted by Gasteiger charge is 2.33. The average molecular weight is 1700 g/mol. The van der Waals surface area contributed by atoms with E-state index in [4.69, 9.17) is 29.0 Å². The summed E-state index contributed by atoms with van der Waals surface area (Å²) in [6.45, 7) is 23.5. The number of oxazole rings is 2. The van der Waals surface area contributed by atoms with E-state index in [1.807, 2.05) is 147 Å². The number of carbonyl (C=O) groups is 2. The summed E-state index contributed by atoms with van der Waals surface area (Å²) in [7, 11) is 0. The van der Waals surface area contributed by atoms with Crippen molar-refractivity contribution in [3.63, 3.8) is 0 Å². The van der Waals surface area contributed by atoms with E-state index in [1.165, 1.54) is 180 Å². The largest absolute Gasteiger partial charge is 0.422 e. The maximum absolute atomic E-state index is 11.7. The smallest absolute Gasteiger partial charge is 0.299 e. The van der Waals surface area contributed by atoms with Crippen molar-refractivity contribution >= 4 is 105 Å². The van der Waals surface area contributed by atoms with Gasteiger partial charge in [-0.1, -0.05) is 109 Å². The number of Topliss-reactive ketones (excluding diaryl/α,β-unsaturated/α-hetero) is 1. The van der Waals surface area contributed by atoms with E-state index >= 15 is 0 Å². The third-order valence-electron chi connectivity index (χ3n) is 26.2. The van der Waals surface area contributed by atoms with Crippen molar-refractivity contribution in [2.24, 2.45) is 0 Å². The molecular weight excluding hydrogens is 1590 g/mol. The minimum atomic E-state index is -0.101. The van der Waals surface area contributed by atoms with Crippen LogP contribution in [-0.2, 0) is 4.79 Å². The number of hydrogen-bond donors (Lipinski definition) is 1. The first kappa shape index (κ1) is 83.8. The van der Waals surface area contributed by atoms with Crippen LogP contribution in [-0.4, -0.2) is 210 Å². The summed E-state index contributed by atoms with van der Waals surface area (Å²) in [5.41, 5.74) is 16.8. The number of amides is 1. The number of fused-ring (bicyclic) bond motifs is 4. The number of rotatable bonds is 15. The highest BCUT2D eigenvalue weighted by molar-refractivity contribution is 7.22. The fourth-order valence-corrected chi connectivity index (χ4v) is 21.3. The maximum atomic E-state index is 11.7. The number of para-hydroxylation sites is 1. The molecule has 0 bridgehead atoms. The predicted molar refractivity (Wildman–Crippen MR) is 498 cm³/mol. The Morgan fingerprint density at radius 3 is 1.31 bits per heavy atom. The van der Waals surface area contributed by atoms with Gasteiger partial charge in [0, 0.05) is 141 Å². The number of aromatic nitrogens is 10. The van der Waals surface area contributed by atoms with Crippen LogP contribution in [0.1, 0.15) is 164 Å². The zero-order valence-electron chi connectivity index (χ0n) is 71.7. The van der Waals surface area contributed by atoms with Crippen molar-refractivity contribution in [1.82, 2.24) is 69.4 Å². The Morgan fingerprint density at radius 1 is 0.395 bits per heavy atom. The number of carbonyl (C=O) groups excluding carboxylic acids is 2. The van der Waals surface area contributed by atoms with Gasteiger partial charge in [0.25, 0.3) is 12.0 Å². The highest BCUT2D eigenvalue weighted by atomic mass is 32.1. The van der Waals surface area contributed by atoms with E-state index in [-0.39, 0.29) is 11.7 Å². The van der Waals surface area contributed by atoms with Crippen LogP contribution >= 0.6 is 22.7 Å². The molecule has 124 heavy (non-hydrogen) atoms. The molecule has 0 aliphatic carbocycles. The molecule has 0 spiro atoms. The lowest BCUT2D eigenvalue weighted by Crippen LogP contribution is -2.46. The Bertz CT molecular complexity index is 5850. The molecule has 10 aromatic heterocycles. The van der Waals surface area contributed by atoms with Crippen LogP contribution in [0.4, 0.5) is 28.0 Å². The van der Waals surface area contributed by atoms with Crippen LogP contribution in [0.3, 0.4) is 0 Å². The zero-order valence-corrected chi connectivity index (χ0v) is 73.4. The van der Waals surface area contributed by atoms with Crippen molar-refractivity contribution in [1.29, 1.82) is 5.26 Å². The van der Waals surface area contributed by atoms with Gasteiger partial charge in [0.2, 0.25) is 17.2 Å². The number of nitrogens with zero attached hydrogens (tertiary/aromatic N) is 19. The van der Waals surface area contributed by atoms with Gasteiger partial charge in [0.1, 0.15) is 11.0 Å². The van der Waals surface area contributed by atoms with Gasteiger partial charge in [-0.2, -0.15) is 15.2 Å². The summed E-state index contributed by atoms with van der Waals surface area (Å²) in [5, 5.41) is 14.1. The van der Waals surface area contributed by atoms with E-state index in [1.54, 1.807) is 35.8 Å². The molecule has 0 atom stereocenters. The topological polar surface area (TPSA) is 251 Å². The molecule has 26 heteroatoms. The predicted octanol–water partition coefficient (Wildman–Crippen LogP) is 19.1. The van der Waals surface area contributed by atoms with Crippen LogP contribution in [0.15, 0.2) is 167 Å². The Labute approximate surface area is 734 Å². The summed E-state index contributed by atoms with van der Waals surface area (Å²) in [4.78, 5) is 90.3. The molecule has 1 amide bonds. The van der Waals surface area contributed by atoms with Crippen LogP contribution in [0.25, 0.3) is 99.2 Å². The number of aryl methyl sites for hydroxylation is 1. The molecule has 8 aliphatic rings. The number of pyridine rings is 6. The summed E-state index contributed by atoms with van der Waals surface area (Å²) in [5.74, 6) is -0.0256. The van der Waals surface area contributed by atoms with Gasteiger partial charge in [-0.25, -0.2) is 24.9 Å². The molecule has 8 fully saturated rings. The lowest BCUT2D eigenvalue weighted by atomic mass is 10.0. The van der Waals surface area contributed by atoms with Crippen LogP contribution in [0.2, 0.25) is 0 Å². The molecule has 1 N–H and O–H groups in total. The van der Waals surface area contributed by atoms with E-state index in [0.29, 0.717) is 52.1 Å². The number of hydrogen-bond acceptors (Lipinski definition) is 25. The molecule has 21 rings (SSSR count). The first-order valence-electron chi connectivity index (χ1n) is 45.3. The zero-order chi connectivity index (χ0) is 84.2. The van der Waals surface area contributed by atoms with Gasteiger partial charge in [-0.05, 0) is 242 Å². The molecule has 0 unspecified atom stereocenters. The van der Waals surface area contributed by atoms with Crippen LogP contribution in [0.5, 0.6) is 0 Å². The number of piperidine rings is 8. The maximum Gasteiger partial charge on any atom is 0.299 e. The second-order valence-electron chi connectivity index (χ2n) is 34.5. The first-order valence-corrected chi connectivity index (χ1v) is 46.9. The molecule has 18 heterocycles. The van der Waals surface area contributed by atoms with Crippen molar-refractivity contribution in [2.75, 3.05) is 130 Å². The van der Waals surface area contributed by atoms with E-state index < -0.39 is 0 Å². The molecule has 13 aromatic rings. The monoisotopic (exact) mass is 1700 g/mol. The highest BCUT2D eigenvalue weighted by Crippen LogP contribution is 2.39. The average Bonchev–Trinajstić information content (AvgIpc) is 1.69. The van der Waals surface area contributed by atoms with E-state index in [0.717, 1.165) is 177 Å². The van der Waals surface area contributed by atoms with Crippen molar-refractivity contribution in [3.8, 4) is 62.4 Å². The number of anilines is 5. The van der Waals surface area contributed by atoms with Gasteiger partial charge in [-0.3, -0.25) is 24.5 Å². The third-order valence-corrected chi connectivity index (χ3v) is 28.3. The fourth-order valence-electron chi connectivity index (χ4n) is 19.3. The first-order chi connectivity index (χ1) is 60.9. The molecular formula is C98H112N20O4S2. The molecule has 3 aromatic carbocycles. The molecule has 24 nitrogen and oxygen atoms in total. The summed E-state index contributed by atoms with van der Waals surface area (Å²) >= 11 is 3.52. The van der Waals surface area contributed by atoms with Gasteiger partial charge in [0.05, 0.1) is 61.9 Å². The molecule has 0 saturated carbocycles. The Balaban J connectivity index is 0.000000113. The van der Waals surface area contributed by atoms with Gasteiger partial charge in [0.15, 0.2) is 27.2 Å². The fraction of sp³-hybridized carbons (Fsp3) is 0.439.